The number of ketones is 1. The number of methoxy groups -OCH3 is 1. The molecule has 0 radical (unpaired) electrons. The van der Waals surface area contributed by atoms with Crippen LogP contribution in [0.25, 0.3) is 5.57 Å². The minimum Gasteiger partial charge on any atom is -0.497 e. The summed E-state index contributed by atoms with van der Waals surface area (Å²) in [5, 5.41) is 0. The highest BCUT2D eigenvalue weighted by molar-refractivity contribution is 5.99. The number of piperidine rings is 1. The van der Waals surface area contributed by atoms with Gasteiger partial charge in [-0.15, -0.1) is 0 Å². The Hall–Kier alpha value is -2.14. The smallest absolute Gasteiger partial charge is 0.317 e. The Morgan fingerprint density at radius 1 is 1.42 bits per heavy atom. The van der Waals surface area contributed by atoms with Crippen molar-refractivity contribution in [2.75, 3.05) is 33.4 Å². The van der Waals surface area contributed by atoms with Crippen molar-refractivity contribution >= 4 is 17.3 Å². The number of hydrogen-bond donors (Lipinski definition) is 0. The van der Waals surface area contributed by atoms with Crippen molar-refractivity contribution in [1.29, 1.82) is 0 Å². The van der Waals surface area contributed by atoms with E-state index in [-0.39, 0.29) is 5.78 Å². The van der Waals surface area contributed by atoms with Crippen molar-refractivity contribution < 1.29 is 19.1 Å². The monoisotopic (exact) mass is 329 g/mol. The van der Waals surface area contributed by atoms with Gasteiger partial charge < -0.3 is 9.47 Å². The highest BCUT2D eigenvalue weighted by atomic mass is 16.5. The number of benzene rings is 1. The Labute approximate surface area is 142 Å². The Morgan fingerprint density at radius 2 is 2.25 bits per heavy atom. The lowest BCUT2D eigenvalue weighted by molar-refractivity contribution is -0.153. The van der Waals surface area contributed by atoms with E-state index in [0.717, 1.165) is 18.7 Å². The molecular weight excluding hydrogens is 306 g/mol. The summed E-state index contributed by atoms with van der Waals surface area (Å²) in [7, 11) is 1.67. The Kier molecular flexibility index (Phi) is 5.00. The first-order valence-electron chi connectivity index (χ1n) is 8.40. The maximum absolute atomic E-state index is 11.9. The van der Waals surface area contributed by atoms with Crippen molar-refractivity contribution in [3.8, 4) is 5.75 Å². The summed E-state index contributed by atoms with van der Waals surface area (Å²) in [5.41, 5.74) is 3.87. The van der Waals surface area contributed by atoms with Crippen LogP contribution in [0.3, 0.4) is 0 Å². The summed E-state index contributed by atoms with van der Waals surface area (Å²) in [4.78, 5) is 26.0. The first-order chi connectivity index (χ1) is 11.6. The highest BCUT2D eigenvalue weighted by Gasteiger charge is 2.33. The summed E-state index contributed by atoms with van der Waals surface area (Å²) in [5.74, 6) is -0.161. The number of esters is 1. The third-order valence-corrected chi connectivity index (χ3v) is 4.71. The topological polar surface area (TPSA) is 55.8 Å². The van der Waals surface area contributed by atoms with Gasteiger partial charge in [0.1, 0.15) is 17.5 Å². The molecular formula is C19H23NO4. The molecule has 1 saturated heterocycles. The first kappa shape index (κ1) is 16.7. The van der Waals surface area contributed by atoms with Crippen LogP contribution in [0.4, 0.5) is 0 Å². The zero-order valence-electron chi connectivity index (χ0n) is 14.2. The first-order valence-corrected chi connectivity index (χ1v) is 8.40. The van der Waals surface area contributed by atoms with Crippen LogP contribution in [-0.2, 0) is 20.7 Å². The summed E-state index contributed by atoms with van der Waals surface area (Å²) < 4.78 is 10.3. The van der Waals surface area contributed by atoms with Crippen molar-refractivity contribution in [2.24, 2.45) is 5.92 Å². The molecule has 0 spiro atoms. The number of nitrogens with zero attached hydrogens (tertiary/aromatic N) is 1. The van der Waals surface area contributed by atoms with Gasteiger partial charge in [0.15, 0.2) is 0 Å². The number of ether oxygens (including phenoxy) is 2. The SMILES string of the molecule is CCOC(=O)C1CN(C/C=C2/Cc3ccc(OC)cc32)CCC1=O. The summed E-state index contributed by atoms with van der Waals surface area (Å²) >= 11 is 0. The summed E-state index contributed by atoms with van der Waals surface area (Å²) in [6, 6.07) is 6.14. The largest absolute Gasteiger partial charge is 0.497 e. The molecule has 0 bridgehead atoms. The predicted octanol–water partition coefficient (Wildman–Crippen LogP) is 2.09. The molecule has 1 heterocycles. The van der Waals surface area contributed by atoms with Crippen LogP contribution in [0.2, 0.25) is 0 Å². The number of Topliss-reactive ketones (excluding diaryl/α,β-unsaturated/α-hetero) is 1. The van der Waals surface area contributed by atoms with Crippen LogP contribution < -0.4 is 4.74 Å². The molecule has 0 N–H and O–H groups in total. The van der Waals surface area contributed by atoms with Crippen LogP contribution in [0.15, 0.2) is 24.3 Å². The van der Waals surface area contributed by atoms with Gasteiger partial charge in [0.05, 0.1) is 13.7 Å². The Morgan fingerprint density at radius 3 is 3.00 bits per heavy atom. The summed E-state index contributed by atoms with van der Waals surface area (Å²) in [6.45, 7) is 3.96. The highest BCUT2D eigenvalue weighted by Crippen LogP contribution is 2.36. The fourth-order valence-electron chi connectivity index (χ4n) is 3.26. The number of likely N-dealkylation sites (tertiary alicyclic amines) is 1. The van der Waals surface area contributed by atoms with Crippen LogP contribution in [0.5, 0.6) is 5.75 Å². The Bertz CT molecular complexity index is 680. The standard InChI is InChI=1S/C19H23NO4/c1-3-24-19(22)17-12-20(9-7-18(17)21)8-6-14-10-13-4-5-15(23-2)11-16(13)14/h4-6,11,17H,3,7-10,12H2,1-2H3/b14-6-. The van der Waals surface area contributed by atoms with Crippen LogP contribution in [-0.4, -0.2) is 50.0 Å². The molecule has 0 amide bonds. The quantitative estimate of drug-likeness (QED) is 0.611. The molecule has 1 aromatic carbocycles. The Balaban J connectivity index is 1.62. The fraction of sp³-hybridized carbons (Fsp3) is 0.474. The zero-order chi connectivity index (χ0) is 17.1. The molecule has 1 aliphatic heterocycles. The van der Waals surface area contributed by atoms with Crippen molar-refractivity contribution in [2.45, 2.75) is 19.8 Å². The molecule has 128 valence electrons. The van der Waals surface area contributed by atoms with Crippen molar-refractivity contribution in [1.82, 2.24) is 4.90 Å². The van der Waals surface area contributed by atoms with Gasteiger partial charge in [-0.25, -0.2) is 0 Å². The van der Waals surface area contributed by atoms with Crippen molar-refractivity contribution in [3.63, 3.8) is 0 Å². The minimum atomic E-state index is -0.633. The van der Waals surface area contributed by atoms with Gasteiger partial charge in [-0.2, -0.15) is 0 Å². The van der Waals surface area contributed by atoms with E-state index in [1.165, 1.54) is 16.7 Å². The van der Waals surface area contributed by atoms with Gasteiger partial charge in [-0.3, -0.25) is 14.5 Å². The van der Waals surface area contributed by atoms with E-state index in [2.05, 4.69) is 23.1 Å². The number of rotatable bonds is 5. The summed E-state index contributed by atoms with van der Waals surface area (Å²) in [6.07, 6.45) is 3.57. The fourth-order valence-corrected chi connectivity index (χ4v) is 3.26. The maximum atomic E-state index is 11.9. The van der Waals surface area contributed by atoms with E-state index in [1.807, 2.05) is 6.07 Å². The number of carbonyl (C=O) groups is 2. The zero-order valence-corrected chi connectivity index (χ0v) is 14.2. The molecule has 5 heteroatoms. The van der Waals surface area contributed by atoms with E-state index >= 15 is 0 Å². The van der Waals surface area contributed by atoms with Gasteiger partial charge in [-0.1, -0.05) is 12.1 Å². The third-order valence-electron chi connectivity index (χ3n) is 4.71. The van der Waals surface area contributed by atoms with Crippen LogP contribution in [0.1, 0.15) is 24.5 Å². The molecule has 2 aliphatic rings. The maximum Gasteiger partial charge on any atom is 0.317 e. The molecule has 0 aromatic heterocycles. The average Bonchev–Trinajstić information content (AvgIpc) is 2.57. The molecule has 1 atom stereocenters. The minimum absolute atomic E-state index is 0.00363. The van der Waals surface area contributed by atoms with Crippen LogP contribution >= 0.6 is 0 Å². The lowest BCUT2D eigenvalue weighted by Gasteiger charge is -2.31. The number of carbonyl (C=O) groups excluding carboxylic acids is 2. The molecule has 1 aromatic rings. The normalized spacial score (nSPS) is 22.0. The van der Waals surface area contributed by atoms with Crippen molar-refractivity contribution in [3.05, 3.63) is 35.4 Å². The van der Waals surface area contributed by atoms with E-state index in [9.17, 15) is 9.59 Å². The molecule has 24 heavy (non-hydrogen) atoms. The van der Waals surface area contributed by atoms with Gasteiger partial charge in [0, 0.05) is 26.1 Å². The number of allylic oxidation sites excluding steroid dienone is 1. The number of fused-ring (bicyclic) bond motifs is 1. The second-order valence-electron chi connectivity index (χ2n) is 6.21. The van der Waals surface area contributed by atoms with E-state index in [1.54, 1.807) is 14.0 Å². The average molecular weight is 329 g/mol. The van der Waals surface area contributed by atoms with E-state index < -0.39 is 11.9 Å². The third kappa shape index (κ3) is 3.36. The lowest BCUT2D eigenvalue weighted by Crippen LogP contribution is -2.44. The molecule has 1 aliphatic carbocycles. The van der Waals surface area contributed by atoms with Gasteiger partial charge in [-0.05, 0) is 42.2 Å². The molecule has 5 nitrogen and oxygen atoms in total. The molecule has 3 rings (SSSR count). The number of hydrogen-bond acceptors (Lipinski definition) is 5. The molecule has 1 fully saturated rings. The lowest BCUT2D eigenvalue weighted by atomic mass is 9.82. The van der Waals surface area contributed by atoms with Crippen LogP contribution in [0, 0.1) is 5.92 Å². The predicted molar refractivity (Wildman–Crippen MR) is 90.9 cm³/mol. The van der Waals surface area contributed by atoms with E-state index in [4.69, 9.17) is 9.47 Å². The van der Waals surface area contributed by atoms with Gasteiger partial charge >= 0.3 is 5.97 Å². The molecule has 0 saturated carbocycles. The second kappa shape index (κ2) is 7.18. The van der Waals surface area contributed by atoms with Gasteiger partial charge in [0.25, 0.3) is 0 Å². The van der Waals surface area contributed by atoms with E-state index in [0.29, 0.717) is 26.1 Å². The second-order valence-corrected chi connectivity index (χ2v) is 6.21. The molecule has 1 unspecified atom stereocenters. The van der Waals surface area contributed by atoms with Gasteiger partial charge in [0.2, 0.25) is 0 Å².